The molecule has 0 unspecified atom stereocenters. The molecule has 0 saturated carbocycles. The molecule has 0 fully saturated rings. The molecule has 0 aliphatic heterocycles. The number of benzene rings is 2. The fraction of sp³-hybridized carbons (Fsp3) is 0.143. The highest BCUT2D eigenvalue weighted by atomic mass is 14.5. The third kappa shape index (κ3) is 2.67. The summed E-state index contributed by atoms with van der Waals surface area (Å²) in [7, 11) is 0. The highest BCUT2D eigenvalue weighted by Crippen LogP contribution is 2.10. The van der Waals surface area contributed by atoms with Gasteiger partial charge in [0.1, 0.15) is 0 Å². The molecule has 2 aromatic rings. The SMILES string of the molecule is NCc1cc[c]c(Cc2ccccc2)c1. The molecule has 75 valence electrons. The summed E-state index contributed by atoms with van der Waals surface area (Å²) in [5.41, 5.74) is 9.27. The Bertz CT molecular complexity index is 420. The molecule has 0 atom stereocenters. The van der Waals surface area contributed by atoms with Gasteiger partial charge in [0, 0.05) is 6.54 Å². The molecule has 1 radical (unpaired) electrons. The molecule has 0 amide bonds. The topological polar surface area (TPSA) is 26.0 Å². The van der Waals surface area contributed by atoms with E-state index in [1.54, 1.807) is 0 Å². The largest absolute Gasteiger partial charge is 0.326 e. The quantitative estimate of drug-likeness (QED) is 0.802. The van der Waals surface area contributed by atoms with Crippen LogP contribution in [0.1, 0.15) is 16.7 Å². The number of hydrogen-bond acceptors (Lipinski definition) is 1. The number of hydrogen-bond donors (Lipinski definition) is 1. The highest BCUT2D eigenvalue weighted by Gasteiger charge is 1.96. The van der Waals surface area contributed by atoms with Crippen LogP contribution in [0.5, 0.6) is 0 Å². The third-order valence-electron chi connectivity index (χ3n) is 2.40. The lowest BCUT2D eigenvalue weighted by Crippen LogP contribution is -1.97. The molecule has 0 saturated heterocycles. The van der Waals surface area contributed by atoms with E-state index >= 15 is 0 Å². The summed E-state index contributed by atoms with van der Waals surface area (Å²) in [5.74, 6) is 0. The Morgan fingerprint density at radius 1 is 1.00 bits per heavy atom. The Kier molecular flexibility index (Phi) is 3.15. The van der Waals surface area contributed by atoms with E-state index in [4.69, 9.17) is 5.73 Å². The molecular formula is C14H14N. The molecule has 15 heavy (non-hydrogen) atoms. The number of nitrogens with two attached hydrogens (primary N) is 1. The van der Waals surface area contributed by atoms with E-state index in [9.17, 15) is 0 Å². The van der Waals surface area contributed by atoms with Gasteiger partial charge in [-0.2, -0.15) is 0 Å². The zero-order valence-electron chi connectivity index (χ0n) is 8.61. The molecule has 0 spiro atoms. The van der Waals surface area contributed by atoms with Gasteiger partial charge in [-0.15, -0.1) is 0 Å². The molecule has 2 N–H and O–H groups in total. The first-order chi connectivity index (χ1) is 7.38. The average Bonchev–Trinajstić information content (AvgIpc) is 2.31. The predicted octanol–water partition coefficient (Wildman–Crippen LogP) is 2.54. The maximum absolute atomic E-state index is 5.60. The van der Waals surface area contributed by atoms with Crippen LogP contribution >= 0.6 is 0 Å². The Labute approximate surface area is 90.6 Å². The molecular weight excluding hydrogens is 182 g/mol. The molecule has 0 aliphatic rings. The van der Waals surface area contributed by atoms with Gasteiger partial charge in [0.25, 0.3) is 0 Å². The van der Waals surface area contributed by atoms with Crippen LogP contribution in [0.2, 0.25) is 0 Å². The molecule has 0 bridgehead atoms. The van der Waals surface area contributed by atoms with Crippen LogP contribution in [0, 0.1) is 6.07 Å². The van der Waals surface area contributed by atoms with Crippen LogP contribution in [-0.4, -0.2) is 0 Å². The summed E-state index contributed by atoms with van der Waals surface area (Å²) in [6.45, 7) is 0.594. The van der Waals surface area contributed by atoms with Crippen LogP contribution in [0.3, 0.4) is 0 Å². The van der Waals surface area contributed by atoms with Crippen LogP contribution < -0.4 is 5.73 Å². The Morgan fingerprint density at radius 3 is 2.53 bits per heavy atom. The van der Waals surface area contributed by atoms with Gasteiger partial charge < -0.3 is 5.73 Å². The first-order valence-electron chi connectivity index (χ1n) is 5.12. The second-order valence-corrected chi connectivity index (χ2v) is 3.59. The molecule has 0 heterocycles. The first-order valence-corrected chi connectivity index (χ1v) is 5.12. The van der Waals surface area contributed by atoms with Crippen molar-refractivity contribution in [2.45, 2.75) is 13.0 Å². The van der Waals surface area contributed by atoms with Crippen molar-refractivity contribution in [3.63, 3.8) is 0 Å². The minimum absolute atomic E-state index is 0.594. The van der Waals surface area contributed by atoms with E-state index in [0.29, 0.717) is 6.54 Å². The summed E-state index contributed by atoms with van der Waals surface area (Å²) < 4.78 is 0. The molecule has 1 nitrogen and oxygen atoms in total. The molecule has 2 rings (SSSR count). The third-order valence-corrected chi connectivity index (χ3v) is 2.40. The second-order valence-electron chi connectivity index (χ2n) is 3.59. The minimum Gasteiger partial charge on any atom is -0.326 e. The van der Waals surface area contributed by atoms with E-state index in [0.717, 1.165) is 6.42 Å². The zero-order chi connectivity index (χ0) is 10.5. The maximum atomic E-state index is 5.60. The van der Waals surface area contributed by atoms with Crippen molar-refractivity contribution >= 4 is 0 Å². The molecule has 1 heteroatoms. The molecule has 0 aliphatic carbocycles. The van der Waals surface area contributed by atoms with E-state index in [-0.39, 0.29) is 0 Å². The molecule has 2 aromatic carbocycles. The van der Waals surface area contributed by atoms with Gasteiger partial charge in [-0.1, -0.05) is 48.5 Å². The monoisotopic (exact) mass is 196 g/mol. The standard InChI is InChI=1S/C14H14N/c15-11-14-8-4-7-13(10-14)9-12-5-2-1-3-6-12/h1-6,8,10H,9,11,15H2. The van der Waals surface area contributed by atoms with Crippen molar-refractivity contribution in [3.8, 4) is 0 Å². The molecule has 0 aromatic heterocycles. The fourth-order valence-corrected chi connectivity index (χ4v) is 1.61. The Hall–Kier alpha value is -1.60. The van der Waals surface area contributed by atoms with E-state index in [1.165, 1.54) is 16.7 Å². The summed E-state index contributed by atoms with van der Waals surface area (Å²) in [6, 6.07) is 19.7. The summed E-state index contributed by atoms with van der Waals surface area (Å²) >= 11 is 0. The summed E-state index contributed by atoms with van der Waals surface area (Å²) in [6.07, 6.45) is 0.925. The van der Waals surface area contributed by atoms with Gasteiger partial charge in [-0.25, -0.2) is 0 Å². The first kappa shape index (κ1) is 9.94. The predicted molar refractivity (Wildman–Crippen MR) is 62.4 cm³/mol. The van der Waals surface area contributed by atoms with E-state index < -0.39 is 0 Å². The fourth-order valence-electron chi connectivity index (χ4n) is 1.61. The smallest absolute Gasteiger partial charge is 0.0178 e. The van der Waals surface area contributed by atoms with Crippen LogP contribution in [0.25, 0.3) is 0 Å². The normalized spacial score (nSPS) is 10.2. The lowest BCUT2D eigenvalue weighted by Gasteiger charge is -2.03. The van der Waals surface area contributed by atoms with Gasteiger partial charge >= 0.3 is 0 Å². The zero-order valence-corrected chi connectivity index (χ0v) is 8.61. The van der Waals surface area contributed by atoms with Gasteiger partial charge in [-0.3, -0.25) is 0 Å². The average molecular weight is 196 g/mol. The maximum Gasteiger partial charge on any atom is 0.0178 e. The number of rotatable bonds is 3. The van der Waals surface area contributed by atoms with Gasteiger partial charge in [0.05, 0.1) is 0 Å². The summed E-state index contributed by atoms with van der Waals surface area (Å²) in [4.78, 5) is 0. The van der Waals surface area contributed by atoms with Gasteiger partial charge in [0.15, 0.2) is 0 Å². The van der Waals surface area contributed by atoms with Crippen molar-refractivity contribution in [2.75, 3.05) is 0 Å². The van der Waals surface area contributed by atoms with Crippen molar-refractivity contribution in [3.05, 3.63) is 71.3 Å². The van der Waals surface area contributed by atoms with E-state index in [2.05, 4.69) is 36.4 Å². The lowest BCUT2D eigenvalue weighted by atomic mass is 10.0. The highest BCUT2D eigenvalue weighted by molar-refractivity contribution is 5.28. The minimum atomic E-state index is 0.594. The van der Waals surface area contributed by atoms with Crippen LogP contribution in [-0.2, 0) is 13.0 Å². The Morgan fingerprint density at radius 2 is 1.80 bits per heavy atom. The van der Waals surface area contributed by atoms with Crippen molar-refractivity contribution in [2.24, 2.45) is 5.73 Å². The van der Waals surface area contributed by atoms with Crippen LogP contribution in [0.15, 0.2) is 48.5 Å². The second kappa shape index (κ2) is 4.76. The van der Waals surface area contributed by atoms with Crippen molar-refractivity contribution in [1.82, 2.24) is 0 Å². The van der Waals surface area contributed by atoms with Gasteiger partial charge in [-0.05, 0) is 29.2 Å². The van der Waals surface area contributed by atoms with Gasteiger partial charge in [0.2, 0.25) is 0 Å². The van der Waals surface area contributed by atoms with E-state index in [1.807, 2.05) is 18.2 Å². The van der Waals surface area contributed by atoms with Crippen molar-refractivity contribution < 1.29 is 0 Å². The summed E-state index contributed by atoms with van der Waals surface area (Å²) in [5, 5.41) is 0. The van der Waals surface area contributed by atoms with Crippen molar-refractivity contribution in [1.29, 1.82) is 0 Å². The Balaban J connectivity index is 2.17. The van der Waals surface area contributed by atoms with Crippen LogP contribution in [0.4, 0.5) is 0 Å². The lowest BCUT2D eigenvalue weighted by molar-refractivity contribution is 1.05.